The van der Waals surface area contributed by atoms with Crippen LogP contribution in [0.15, 0.2) is 11.6 Å². The van der Waals surface area contributed by atoms with Crippen LogP contribution in [-0.4, -0.2) is 119 Å². The van der Waals surface area contributed by atoms with Gasteiger partial charge in [-0.3, -0.25) is 38.5 Å². The maximum absolute atomic E-state index is 14.3. The minimum Gasteiger partial charge on any atom is -0.461 e. The van der Waals surface area contributed by atoms with Crippen LogP contribution in [0.25, 0.3) is 0 Å². The number of hydrogen-bond acceptors (Lipinski definition) is 10. The third-order valence-electron chi connectivity index (χ3n) is 18.1. The van der Waals surface area contributed by atoms with E-state index >= 15 is 0 Å². The highest BCUT2D eigenvalue weighted by molar-refractivity contribution is 5.97. The number of likely N-dealkylation sites (tertiary alicyclic amines) is 2. The summed E-state index contributed by atoms with van der Waals surface area (Å²) in [6.07, 6.45) is 14.6. The predicted molar refractivity (Wildman–Crippen MR) is 281 cm³/mol. The molecule has 2 heterocycles. The molecule has 17 heteroatoms. The van der Waals surface area contributed by atoms with Crippen molar-refractivity contribution in [2.24, 2.45) is 58.0 Å². The van der Waals surface area contributed by atoms with Crippen molar-refractivity contribution in [1.82, 2.24) is 31.1 Å². The van der Waals surface area contributed by atoms with E-state index in [9.17, 15) is 38.4 Å². The summed E-state index contributed by atoms with van der Waals surface area (Å²) in [6, 6.07) is -5.29. The summed E-state index contributed by atoms with van der Waals surface area (Å²) >= 11 is 0. The number of ether oxygens (including phenoxy) is 2. The predicted octanol–water partition coefficient (Wildman–Crippen LogP) is 6.84. The van der Waals surface area contributed by atoms with Crippen LogP contribution < -0.4 is 27.0 Å². The van der Waals surface area contributed by atoms with Gasteiger partial charge >= 0.3 is 12.1 Å². The molecule has 0 aromatic heterocycles. The van der Waals surface area contributed by atoms with E-state index in [0.29, 0.717) is 55.9 Å². The first-order chi connectivity index (χ1) is 34.7. The fraction of sp³-hybridized carbons (Fsp3) is 0.825. The average molecular weight is 1040 g/mol. The molecule has 7 amide bonds. The van der Waals surface area contributed by atoms with Gasteiger partial charge in [0.1, 0.15) is 48.5 Å². The van der Waals surface area contributed by atoms with Gasteiger partial charge in [-0.25, -0.2) is 4.79 Å². The molecule has 6 aliphatic rings. The number of fused-ring (bicyclic) bond motifs is 5. The maximum atomic E-state index is 14.3. The molecule has 6 N–H and O–H groups in total. The molecule has 4 aliphatic carbocycles. The third-order valence-corrected chi connectivity index (χ3v) is 18.1. The highest BCUT2D eigenvalue weighted by Crippen LogP contribution is 2.67. The van der Waals surface area contributed by atoms with Crippen LogP contribution in [0.5, 0.6) is 0 Å². The van der Waals surface area contributed by atoms with Crippen molar-refractivity contribution >= 4 is 47.5 Å². The van der Waals surface area contributed by atoms with Crippen molar-refractivity contribution in [1.29, 1.82) is 0 Å². The van der Waals surface area contributed by atoms with E-state index in [4.69, 9.17) is 15.2 Å². The van der Waals surface area contributed by atoms with E-state index in [1.54, 1.807) is 20.8 Å². The molecule has 0 aromatic rings. The second kappa shape index (κ2) is 24.5. The topological polar surface area (TPSA) is 236 Å². The van der Waals surface area contributed by atoms with E-state index in [-0.39, 0.29) is 49.8 Å². The molecule has 17 nitrogen and oxygen atoms in total. The van der Waals surface area contributed by atoms with Crippen molar-refractivity contribution in [2.75, 3.05) is 19.6 Å². The van der Waals surface area contributed by atoms with Crippen molar-refractivity contribution < 1.29 is 47.8 Å². The zero-order chi connectivity index (χ0) is 54.4. The molecular weight excluding hydrogens is 943 g/mol. The SMILES string of the molecule is CC(C)CC[C@@H](C)[C@H]1CC[C@H]2[C@@H]3CC=C4C[C@H](OC(=O)CNC(=O)[C@@H]5CCCN5C(=O)[C@H](CC(C)C)NC(=O)[C@H](CCC(N)=O)NC(=O)[C@H](C)NC(=O)[C@@H]5CCCN5C(=O)OC(C)(C)C)CC[C@]4(C)[C@H]3CC[C@]12C. The van der Waals surface area contributed by atoms with Gasteiger partial charge < -0.3 is 41.4 Å². The molecule has 74 heavy (non-hydrogen) atoms. The molecule has 2 saturated heterocycles. The van der Waals surface area contributed by atoms with Gasteiger partial charge in [0.05, 0.1) is 0 Å². The quantitative estimate of drug-likeness (QED) is 0.0629. The molecule has 6 rings (SSSR count). The fourth-order valence-corrected chi connectivity index (χ4v) is 14.3. The molecule has 5 fully saturated rings. The number of carbonyl (C=O) groups is 8. The van der Waals surface area contributed by atoms with Gasteiger partial charge in [0.2, 0.25) is 35.4 Å². The first kappa shape index (κ1) is 58.6. The van der Waals surface area contributed by atoms with Crippen LogP contribution in [0.3, 0.4) is 0 Å². The average Bonchev–Trinajstić information content (AvgIpc) is 4.10. The smallest absolute Gasteiger partial charge is 0.410 e. The monoisotopic (exact) mass is 1040 g/mol. The number of carbonyl (C=O) groups excluding carboxylic acids is 8. The summed E-state index contributed by atoms with van der Waals surface area (Å²) in [5, 5.41) is 10.8. The number of hydrogen-bond donors (Lipinski definition) is 5. The van der Waals surface area contributed by atoms with E-state index in [0.717, 1.165) is 42.9 Å². The third kappa shape index (κ3) is 14.0. The molecule has 0 unspecified atom stereocenters. The first-order valence-electron chi connectivity index (χ1n) is 28.4. The van der Waals surface area contributed by atoms with Crippen molar-refractivity contribution in [3.8, 4) is 0 Å². The van der Waals surface area contributed by atoms with E-state index < -0.39 is 83.3 Å². The van der Waals surface area contributed by atoms with Gasteiger partial charge in [0.25, 0.3) is 0 Å². The molecule has 2 aliphatic heterocycles. The van der Waals surface area contributed by atoms with Crippen molar-refractivity contribution in [3.05, 3.63) is 11.6 Å². The lowest BCUT2D eigenvalue weighted by Crippen LogP contribution is -2.59. The Morgan fingerprint density at radius 2 is 1.41 bits per heavy atom. The second-order valence-electron chi connectivity index (χ2n) is 25.5. The number of esters is 1. The fourth-order valence-electron chi connectivity index (χ4n) is 14.3. The van der Waals surface area contributed by atoms with Gasteiger partial charge in [0, 0.05) is 25.9 Å². The number of amides is 7. The first-order valence-corrected chi connectivity index (χ1v) is 28.4. The number of rotatable bonds is 20. The Balaban J connectivity index is 1.01. The van der Waals surface area contributed by atoms with Crippen LogP contribution in [-0.2, 0) is 43.0 Å². The minimum absolute atomic E-state index is 0.0752. The molecule has 416 valence electrons. The van der Waals surface area contributed by atoms with E-state index in [1.165, 1.54) is 60.8 Å². The van der Waals surface area contributed by atoms with Crippen LogP contribution in [0.1, 0.15) is 185 Å². The van der Waals surface area contributed by atoms with Gasteiger partial charge in [-0.05, 0) is 163 Å². The number of nitrogens with zero attached hydrogens (tertiary/aromatic N) is 2. The summed E-state index contributed by atoms with van der Waals surface area (Å²) in [7, 11) is 0. The molecule has 0 radical (unpaired) electrons. The van der Waals surface area contributed by atoms with Crippen LogP contribution in [0.2, 0.25) is 0 Å². The standard InChI is InChI=1S/C57H93N7O10/c1-33(2)16-17-35(5)40-20-21-41-39-19-18-37-31-38(24-26-56(37,10)42(39)25-27-57(40,41)11)73-48(66)32-59-51(69)45-14-12-28-63(45)53(71)44(30-34(3)4)62-50(68)43(22-23-47(58)65)61-49(67)36(6)60-52(70)46-15-13-29-64(46)54(72)74-55(7,8)9/h18,33-36,38-46H,12-17,19-32H2,1-11H3,(H2,58,65)(H,59,69)(H,60,70)(H,61,67)(H,62,68)/t35-,36+,38-,39+,40-,41+,42+,43+,44+,45+,46+,56+,57-/m1/s1. The summed E-state index contributed by atoms with van der Waals surface area (Å²) in [4.78, 5) is 110. The Morgan fingerprint density at radius 3 is 2.05 bits per heavy atom. The largest absolute Gasteiger partial charge is 0.461 e. The second-order valence-corrected chi connectivity index (χ2v) is 25.5. The number of allylic oxidation sites excluding steroid dienone is 1. The van der Waals surface area contributed by atoms with Crippen LogP contribution in [0, 0.1) is 52.3 Å². The Kier molecular flexibility index (Phi) is 19.4. The zero-order valence-corrected chi connectivity index (χ0v) is 46.8. The Labute approximate surface area is 441 Å². The summed E-state index contributed by atoms with van der Waals surface area (Å²) in [5.74, 6) is 0.123. The highest BCUT2D eigenvalue weighted by atomic mass is 16.6. The summed E-state index contributed by atoms with van der Waals surface area (Å²) < 4.78 is 11.5. The normalized spacial score (nSPS) is 30.2. The number of nitrogens with two attached hydrogens (primary N) is 1. The molecule has 0 spiro atoms. The lowest BCUT2D eigenvalue weighted by Gasteiger charge is -2.58. The van der Waals surface area contributed by atoms with E-state index in [1.807, 2.05) is 13.8 Å². The Bertz CT molecular complexity index is 2100. The van der Waals surface area contributed by atoms with E-state index in [2.05, 4.69) is 62.0 Å². The lowest BCUT2D eigenvalue weighted by atomic mass is 9.47. The Morgan fingerprint density at radius 1 is 0.743 bits per heavy atom. The van der Waals surface area contributed by atoms with Crippen LogP contribution in [0.4, 0.5) is 4.79 Å². The summed E-state index contributed by atoms with van der Waals surface area (Å²) in [6.45, 7) is 22.9. The molecule has 13 atom stereocenters. The van der Waals surface area contributed by atoms with Crippen molar-refractivity contribution in [2.45, 2.75) is 227 Å². The van der Waals surface area contributed by atoms with Gasteiger partial charge in [-0.2, -0.15) is 0 Å². The summed E-state index contributed by atoms with van der Waals surface area (Å²) in [5.41, 5.74) is 6.62. The number of nitrogens with one attached hydrogen (secondary N) is 4. The molecular formula is C57H93N7O10. The van der Waals surface area contributed by atoms with Gasteiger partial charge in [-0.1, -0.05) is 73.0 Å². The Hall–Kier alpha value is -4.70. The lowest BCUT2D eigenvalue weighted by molar-refractivity contribution is -0.152. The maximum Gasteiger partial charge on any atom is 0.410 e. The zero-order valence-electron chi connectivity index (χ0n) is 46.8. The number of primary amides is 1. The van der Waals surface area contributed by atoms with Gasteiger partial charge in [0.15, 0.2) is 0 Å². The highest BCUT2D eigenvalue weighted by Gasteiger charge is 2.59. The van der Waals surface area contributed by atoms with Crippen LogP contribution >= 0.6 is 0 Å². The molecule has 3 saturated carbocycles. The molecule has 0 aromatic carbocycles. The van der Waals surface area contributed by atoms with Crippen molar-refractivity contribution in [3.63, 3.8) is 0 Å². The van der Waals surface area contributed by atoms with Gasteiger partial charge in [-0.15, -0.1) is 0 Å². The molecule has 0 bridgehead atoms. The minimum atomic E-state index is -1.31.